The van der Waals surface area contributed by atoms with Crippen molar-refractivity contribution in [2.24, 2.45) is 23.2 Å². The molecule has 9 nitrogen and oxygen atoms in total. The van der Waals surface area contributed by atoms with Crippen LogP contribution in [0.2, 0.25) is 0 Å². The minimum atomic E-state index is -5.11. The molecule has 3 aliphatic rings. The van der Waals surface area contributed by atoms with Crippen molar-refractivity contribution in [2.75, 3.05) is 18.4 Å². The van der Waals surface area contributed by atoms with Crippen LogP contribution < -0.4 is 5.32 Å². The summed E-state index contributed by atoms with van der Waals surface area (Å²) in [5.74, 6) is -5.19. The Bertz CT molecular complexity index is 1760. The molecule has 3 fully saturated rings. The number of aryl methyl sites for hydroxylation is 1. The van der Waals surface area contributed by atoms with Gasteiger partial charge in [0, 0.05) is 29.7 Å². The lowest BCUT2D eigenvalue weighted by Crippen LogP contribution is -2.40. The summed E-state index contributed by atoms with van der Waals surface area (Å²) in [4.78, 5) is 60.8. The van der Waals surface area contributed by atoms with Crippen LogP contribution in [0, 0.1) is 30.1 Å². The Morgan fingerprint density at radius 3 is 2.38 bits per heavy atom. The molecule has 4 amide bonds. The van der Waals surface area contributed by atoms with E-state index in [9.17, 15) is 45.5 Å². The van der Waals surface area contributed by atoms with Gasteiger partial charge in [-0.25, -0.2) is 4.98 Å². The molecule has 238 valence electrons. The molecule has 0 bridgehead atoms. The van der Waals surface area contributed by atoms with Gasteiger partial charge in [-0.15, -0.1) is 11.3 Å². The Balaban J connectivity index is 1.33. The van der Waals surface area contributed by atoms with Crippen molar-refractivity contribution in [2.45, 2.75) is 46.1 Å². The number of anilines is 1. The molecule has 45 heavy (non-hydrogen) atoms. The topological polar surface area (TPSA) is 113 Å². The van der Waals surface area contributed by atoms with Crippen LogP contribution >= 0.6 is 11.3 Å². The molecule has 0 radical (unpaired) electrons. The highest BCUT2D eigenvalue weighted by Crippen LogP contribution is 2.63. The Morgan fingerprint density at radius 1 is 1.09 bits per heavy atom. The Morgan fingerprint density at radius 2 is 1.76 bits per heavy atom. The van der Waals surface area contributed by atoms with Gasteiger partial charge in [0.05, 0.1) is 46.1 Å². The predicted molar refractivity (Wildman–Crippen MR) is 148 cm³/mol. The summed E-state index contributed by atoms with van der Waals surface area (Å²) in [6.07, 6.45) is -8.68. The Kier molecular flexibility index (Phi) is 7.02. The highest BCUT2D eigenvalue weighted by Gasteiger charge is 2.72. The first-order valence-corrected chi connectivity index (χ1v) is 14.7. The number of amides is 4. The number of nitrogens with one attached hydrogen (secondary N) is 1. The van der Waals surface area contributed by atoms with Crippen molar-refractivity contribution in [3.63, 3.8) is 0 Å². The number of rotatable bonds is 5. The zero-order valence-corrected chi connectivity index (χ0v) is 24.8. The number of hydrogen-bond acceptors (Lipinski definition) is 7. The van der Waals surface area contributed by atoms with Gasteiger partial charge in [-0.05, 0) is 42.3 Å². The summed E-state index contributed by atoms with van der Waals surface area (Å²) in [6, 6.07) is 4.07. The van der Waals surface area contributed by atoms with E-state index >= 15 is 0 Å². The first-order valence-electron chi connectivity index (χ1n) is 13.9. The van der Waals surface area contributed by atoms with Crippen molar-refractivity contribution in [1.29, 1.82) is 0 Å². The second kappa shape index (κ2) is 10.2. The largest absolute Gasteiger partial charge is 0.471 e. The van der Waals surface area contributed by atoms with Crippen molar-refractivity contribution in [3.8, 4) is 11.3 Å². The molecule has 16 heteroatoms. The fraction of sp³-hybridized carbons (Fsp3) is 0.448. The third-order valence-corrected chi connectivity index (χ3v) is 9.92. The maximum atomic E-state index is 13.9. The van der Waals surface area contributed by atoms with Crippen molar-refractivity contribution < 1.29 is 45.5 Å². The van der Waals surface area contributed by atoms with Crippen LogP contribution in [-0.4, -0.2) is 62.7 Å². The first kappa shape index (κ1) is 30.9. The van der Waals surface area contributed by atoms with E-state index in [1.165, 1.54) is 18.0 Å². The van der Waals surface area contributed by atoms with E-state index in [2.05, 4.69) is 15.3 Å². The standard InChI is InChI=1S/C29H25F6N5O4S/c1-12-20(38-23(41)14-5-7-39(10-14)26(44)29(33,34)35)16(9-17(37-12)28(30,31)32)21-22-13(4-6-36-21)8-15(45-22)11-40-24(42)18-19(25(40)43)27(18,2)3/h4,6,8-9,14,18-19H,5,7,10-11H2,1-3H3,(H,38,41). The van der Waals surface area contributed by atoms with E-state index < -0.39 is 42.3 Å². The number of piperidine rings is 1. The SMILES string of the molecule is Cc1nc(C(F)(F)F)cc(-c2nccc3cc(CN4C(=O)C5C(C4=O)C5(C)C)sc23)c1NC(=O)C1CCN(C(=O)C(F)(F)F)C1. The molecule has 3 unspecified atom stereocenters. The zero-order valence-electron chi connectivity index (χ0n) is 24.0. The number of pyridine rings is 2. The molecule has 2 saturated heterocycles. The number of nitrogens with zero attached hydrogens (tertiary/aromatic N) is 4. The molecule has 3 aromatic rings. The molecule has 0 spiro atoms. The first-order chi connectivity index (χ1) is 20.9. The molecule has 1 saturated carbocycles. The average Bonchev–Trinajstić information content (AvgIpc) is 3.37. The number of alkyl halides is 6. The number of thiophene rings is 1. The van der Waals surface area contributed by atoms with Gasteiger partial charge in [0.15, 0.2) is 0 Å². The summed E-state index contributed by atoms with van der Waals surface area (Å²) in [5, 5.41) is 3.11. The van der Waals surface area contributed by atoms with E-state index in [0.29, 0.717) is 19.9 Å². The maximum Gasteiger partial charge on any atom is 0.471 e. The lowest BCUT2D eigenvalue weighted by Gasteiger charge is -2.20. The molecule has 1 aliphatic carbocycles. The smallest absolute Gasteiger partial charge is 0.334 e. The van der Waals surface area contributed by atoms with Crippen LogP contribution in [0.15, 0.2) is 24.4 Å². The molecule has 5 heterocycles. The van der Waals surface area contributed by atoms with E-state index in [1.54, 1.807) is 12.1 Å². The normalized spacial score (nSPS) is 22.7. The van der Waals surface area contributed by atoms with Gasteiger partial charge < -0.3 is 10.2 Å². The lowest BCUT2D eigenvalue weighted by atomic mass is 10.0. The molecule has 2 aliphatic heterocycles. The summed E-state index contributed by atoms with van der Waals surface area (Å²) in [5.41, 5.74) is -2.02. The van der Waals surface area contributed by atoms with E-state index in [1.807, 2.05) is 13.8 Å². The van der Waals surface area contributed by atoms with Gasteiger partial charge >= 0.3 is 18.3 Å². The van der Waals surface area contributed by atoms with Crippen molar-refractivity contribution in [3.05, 3.63) is 40.7 Å². The van der Waals surface area contributed by atoms with Gasteiger partial charge in [-0.3, -0.25) is 29.1 Å². The zero-order chi connectivity index (χ0) is 32.8. The Labute approximate surface area is 255 Å². The second-order valence-corrected chi connectivity index (χ2v) is 13.2. The van der Waals surface area contributed by atoms with Crippen LogP contribution in [0.25, 0.3) is 21.3 Å². The molecule has 0 aromatic carbocycles. The predicted octanol–water partition coefficient (Wildman–Crippen LogP) is 5.18. The van der Waals surface area contributed by atoms with Gasteiger partial charge in [-0.1, -0.05) is 13.8 Å². The average molecular weight is 654 g/mol. The molecule has 3 atom stereocenters. The van der Waals surface area contributed by atoms with Crippen LogP contribution in [0.5, 0.6) is 0 Å². The minimum Gasteiger partial charge on any atom is -0.334 e. The highest BCUT2D eigenvalue weighted by atomic mass is 32.1. The fourth-order valence-corrected chi connectivity index (χ4v) is 7.47. The summed E-state index contributed by atoms with van der Waals surface area (Å²) in [6.45, 7) is 4.13. The third-order valence-electron chi connectivity index (χ3n) is 8.77. The third kappa shape index (κ3) is 5.21. The number of hydrogen-bond donors (Lipinski definition) is 1. The van der Waals surface area contributed by atoms with Gasteiger partial charge in [0.25, 0.3) is 0 Å². The van der Waals surface area contributed by atoms with Gasteiger partial charge in [-0.2, -0.15) is 26.3 Å². The van der Waals surface area contributed by atoms with Crippen LogP contribution in [0.3, 0.4) is 0 Å². The second-order valence-electron chi connectivity index (χ2n) is 12.1. The summed E-state index contributed by atoms with van der Waals surface area (Å²) in [7, 11) is 0. The lowest BCUT2D eigenvalue weighted by molar-refractivity contribution is -0.184. The fourth-order valence-electron chi connectivity index (χ4n) is 6.33. The molecule has 6 rings (SSSR count). The number of fused-ring (bicyclic) bond motifs is 2. The number of carbonyl (C=O) groups excluding carboxylic acids is 4. The molecule has 3 aromatic heterocycles. The van der Waals surface area contributed by atoms with Crippen LogP contribution in [0.1, 0.15) is 36.5 Å². The maximum absolute atomic E-state index is 13.9. The quantitative estimate of drug-likeness (QED) is 0.300. The Hall–Kier alpha value is -4.08. The van der Waals surface area contributed by atoms with Crippen molar-refractivity contribution >= 4 is 50.7 Å². The monoisotopic (exact) mass is 653 g/mol. The van der Waals surface area contributed by atoms with Crippen molar-refractivity contribution in [1.82, 2.24) is 19.8 Å². The molecular weight excluding hydrogens is 628 g/mol. The molecule has 1 N–H and O–H groups in total. The van der Waals surface area contributed by atoms with Gasteiger partial charge in [0.2, 0.25) is 17.7 Å². The highest BCUT2D eigenvalue weighted by molar-refractivity contribution is 7.19. The van der Waals surface area contributed by atoms with Gasteiger partial charge in [0.1, 0.15) is 5.69 Å². The van der Waals surface area contributed by atoms with Crippen LogP contribution in [-0.2, 0) is 31.9 Å². The number of likely N-dealkylation sites (tertiary alicyclic amines) is 2. The summed E-state index contributed by atoms with van der Waals surface area (Å²) < 4.78 is 80.7. The summed E-state index contributed by atoms with van der Waals surface area (Å²) >= 11 is 1.13. The van der Waals surface area contributed by atoms with E-state index in [-0.39, 0.29) is 71.2 Å². The number of aromatic nitrogens is 2. The number of carbonyl (C=O) groups is 4. The number of halogens is 6. The van der Waals surface area contributed by atoms with Crippen LogP contribution in [0.4, 0.5) is 32.0 Å². The minimum absolute atomic E-state index is 0.0128. The van der Waals surface area contributed by atoms with E-state index in [0.717, 1.165) is 17.4 Å². The van der Waals surface area contributed by atoms with E-state index in [4.69, 9.17) is 0 Å². The molecular formula is C29H25F6N5O4S. The number of imide groups is 1.